The first-order chi connectivity index (χ1) is 10.3. The molecule has 4 heteroatoms. The fraction of sp³-hybridized carbons (Fsp3) is 0.647. The molecule has 1 N–H and O–H groups in total. The van der Waals surface area contributed by atoms with E-state index in [1.165, 1.54) is 44.5 Å². The van der Waals surface area contributed by atoms with E-state index in [2.05, 4.69) is 27.2 Å². The first-order valence-electron chi connectivity index (χ1n) is 8.27. The van der Waals surface area contributed by atoms with Crippen LogP contribution in [0.25, 0.3) is 0 Å². The van der Waals surface area contributed by atoms with E-state index in [1.54, 1.807) is 0 Å². The zero-order valence-electron chi connectivity index (χ0n) is 12.7. The Morgan fingerprint density at radius 3 is 2.76 bits per heavy atom. The smallest absolute Gasteiger partial charge is 0.0426 e. The van der Waals surface area contributed by atoms with Crippen LogP contribution in [0.2, 0.25) is 5.02 Å². The van der Waals surface area contributed by atoms with E-state index in [0.29, 0.717) is 6.04 Å². The van der Waals surface area contributed by atoms with Crippen molar-refractivity contribution in [1.82, 2.24) is 10.2 Å². The van der Waals surface area contributed by atoms with Crippen molar-refractivity contribution in [3.05, 3.63) is 29.3 Å². The zero-order chi connectivity index (χ0) is 14.5. The SMILES string of the molecule is Clc1cccc(N2CCN(CC3CCCCCN3)CC2)c1. The van der Waals surface area contributed by atoms with Gasteiger partial charge in [0.25, 0.3) is 0 Å². The summed E-state index contributed by atoms with van der Waals surface area (Å²) in [5.74, 6) is 0. The van der Waals surface area contributed by atoms with Crippen LogP contribution in [0.3, 0.4) is 0 Å². The monoisotopic (exact) mass is 307 g/mol. The predicted molar refractivity (Wildman–Crippen MR) is 90.4 cm³/mol. The van der Waals surface area contributed by atoms with Crippen LogP contribution in [0.15, 0.2) is 24.3 Å². The lowest BCUT2D eigenvalue weighted by Gasteiger charge is -2.37. The van der Waals surface area contributed by atoms with Crippen molar-refractivity contribution in [1.29, 1.82) is 0 Å². The van der Waals surface area contributed by atoms with Crippen LogP contribution < -0.4 is 10.2 Å². The minimum Gasteiger partial charge on any atom is -0.369 e. The van der Waals surface area contributed by atoms with E-state index in [9.17, 15) is 0 Å². The van der Waals surface area contributed by atoms with Gasteiger partial charge in [-0.05, 0) is 37.6 Å². The molecule has 116 valence electrons. The molecule has 1 atom stereocenters. The Bertz CT molecular complexity index is 435. The van der Waals surface area contributed by atoms with Crippen molar-refractivity contribution in [2.45, 2.75) is 31.7 Å². The molecule has 1 unspecified atom stereocenters. The number of nitrogens with zero attached hydrogens (tertiary/aromatic N) is 2. The molecule has 0 bridgehead atoms. The Hall–Kier alpha value is -0.770. The summed E-state index contributed by atoms with van der Waals surface area (Å²) in [4.78, 5) is 5.06. The normalized spacial score (nSPS) is 24.8. The number of hydrogen-bond donors (Lipinski definition) is 1. The summed E-state index contributed by atoms with van der Waals surface area (Å²) >= 11 is 6.09. The third-order valence-electron chi connectivity index (χ3n) is 4.69. The molecule has 0 aliphatic carbocycles. The van der Waals surface area contributed by atoms with Crippen LogP contribution in [0.1, 0.15) is 25.7 Å². The number of anilines is 1. The van der Waals surface area contributed by atoms with Crippen molar-refractivity contribution in [2.24, 2.45) is 0 Å². The van der Waals surface area contributed by atoms with E-state index in [1.807, 2.05) is 12.1 Å². The number of hydrogen-bond acceptors (Lipinski definition) is 3. The quantitative estimate of drug-likeness (QED) is 0.926. The first-order valence-corrected chi connectivity index (χ1v) is 8.65. The molecule has 2 aliphatic rings. The lowest BCUT2D eigenvalue weighted by Crippen LogP contribution is -2.50. The molecule has 1 aromatic rings. The van der Waals surface area contributed by atoms with Gasteiger partial charge < -0.3 is 10.2 Å². The van der Waals surface area contributed by atoms with Gasteiger partial charge in [-0.25, -0.2) is 0 Å². The topological polar surface area (TPSA) is 18.5 Å². The average molecular weight is 308 g/mol. The van der Waals surface area contributed by atoms with Crippen molar-refractivity contribution in [2.75, 3.05) is 44.2 Å². The molecule has 0 radical (unpaired) electrons. The minimum atomic E-state index is 0.699. The highest BCUT2D eigenvalue weighted by Crippen LogP contribution is 2.21. The second kappa shape index (κ2) is 7.48. The van der Waals surface area contributed by atoms with Gasteiger partial charge in [-0.2, -0.15) is 0 Å². The molecule has 1 aromatic carbocycles. The van der Waals surface area contributed by atoms with Crippen LogP contribution in [0, 0.1) is 0 Å². The molecular weight excluding hydrogens is 282 g/mol. The van der Waals surface area contributed by atoms with Gasteiger partial charge in [0.2, 0.25) is 0 Å². The number of benzene rings is 1. The standard InChI is InChI=1S/C17H26ClN3/c18-15-5-4-7-17(13-15)21-11-9-20(10-12-21)14-16-6-2-1-3-8-19-16/h4-5,7,13,16,19H,1-3,6,8-12,14H2. The number of piperazine rings is 1. The lowest BCUT2D eigenvalue weighted by molar-refractivity contribution is 0.227. The van der Waals surface area contributed by atoms with Gasteiger partial charge in [-0.3, -0.25) is 4.90 Å². The fourth-order valence-corrected chi connectivity index (χ4v) is 3.61. The maximum absolute atomic E-state index is 6.09. The van der Waals surface area contributed by atoms with Gasteiger partial charge in [-0.1, -0.05) is 30.5 Å². The lowest BCUT2D eigenvalue weighted by atomic mass is 10.1. The number of rotatable bonds is 3. The Balaban J connectivity index is 1.48. The molecule has 3 rings (SSSR count). The van der Waals surface area contributed by atoms with Gasteiger partial charge in [0.05, 0.1) is 0 Å². The van der Waals surface area contributed by atoms with Crippen LogP contribution in [0.4, 0.5) is 5.69 Å². The molecule has 0 amide bonds. The Labute approximate surface area is 133 Å². The van der Waals surface area contributed by atoms with Crippen LogP contribution >= 0.6 is 11.6 Å². The van der Waals surface area contributed by atoms with E-state index < -0.39 is 0 Å². The predicted octanol–water partition coefficient (Wildman–Crippen LogP) is 2.99. The molecule has 3 nitrogen and oxygen atoms in total. The van der Waals surface area contributed by atoms with Crippen molar-refractivity contribution >= 4 is 17.3 Å². The van der Waals surface area contributed by atoms with Crippen molar-refractivity contribution < 1.29 is 0 Å². The van der Waals surface area contributed by atoms with Crippen LogP contribution in [-0.4, -0.2) is 50.2 Å². The van der Waals surface area contributed by atoms with E-state index in [-0.39, 0.29) is 0 Å². The van der Waals surface area contributed by atoms with Gasteiger partial charge in [0.1, 0.15) is 0 Å². The van der Waals surface area contributed by atoms with Crippen molar-refractivity contribution in [3.8, 4) is 0 Å². The summed E-state index contributed by atoms with van der Waals surface area (Å²) in [6.45, 7) is 6.94. The molecule has 2 fully saturated rings. The zero-order valence-corrected chi connectivity index (χ0v) is 13.5. The third-order valence-corrected chi connectivity index (χ3v) is 4.92. The fourth-order valence-electron chi connectivity index (χ4n) is 3.43. The summed E-state index contributed by atoms with van der Waals surface area (Å²) in [6, 6.07) is 8.92. The Morgan fingerprint density at radius 1 is 1.10 bits per heavy atom. The second-order valence-corrected chi connectivity index (χ2v) is 6.70. The molecule has 0 aromatic heterocycles. The Kier molecular flexibility index (Phi) is 5.39. The highest BCUT2D eigenvalue weighted by atomic mass is 35.5. The molecule has 21 heavy (non-hydrogen) atoms. The summed E-state index contributed by atoms with van der Waals surface area (Å²) in [7, 11) is 0. The van der Waals surface area contributed by atoms with Gasteiger partial charge in [0.15, 0.2) is 0 Å². The molecule has 2 saturated heterocycles. The highest BCUT2D eigenvalue weighted by molar-refractivity contribution is 6.30. The maximum atomic E-state index is 6.09. The van der Waals surface area contributed by atoms with E-state index in [4.69, 9.17) is 11.6 Å². The minimum absolute atomic E-state index is 0.699. The van der Waals surface area contributed by atoms with E-state index in [0.717, 1.165) is 31.2 Å². The molecule has 2 heterocycles. The van der Waals surface area contributed by atoms with Crippen LogP contribution in [-0.2, 0) is 0 Å². The Morgan fingerprint density at radius 2 is 1.95 bits per heavy atom. The van der Waals surface area contributed by atoms with Gasteiger partial charge in [-0.15, -0.1) is 0 Å². The second-order valence-electron chi connectivity index (χ2n) is 6.27. The summed E-state index contributed by atoms with van der Waals surface area (Å²) in [6.07, 6.45) is 5.47. The summed E-state index contributed by atoms with van der Waals surface area (Å²) in [5.41, 5.74) is 1.26. The largest absolute Gasteiger partial charge is 0.369 e. The summed E-state index contributed by atoms with van der Waals surface area (Å²) in [5, 5.41) is 4.54. The average Bonchev–Trinajstić information content (AvgIpc) is 2.77. The summed E-state index contributed by atoms with van der Waals surface area (Å²) < 4.78 is 0. The van der Waals surface area contributed by atoms with Gasteiger partial charge in [0, 0.05) is 49.5 Å². The van der Waals surface area contributed by atoms with Crippen molar-refractivity contribution in [3.63, 3.8) is 0 Å². The first kappa shape index (κ1) is 15.1. The third kappa shape index (κ3) is 4.35. The molecule has 2 aliphatic heterocycles. The molecular formula is C17H26ClN3. The van der Waals surface area contributed by atoms with Gasteiger partial charge >= 0.3 is 0 Å². The maximum Gasteiger partial charge on any atom is 0.0426 e. The molecule has 0 spiro atoms. The number of nitrogens with one attached hydrogen (secondary N) is 1. The molecule has 0 saturated carbocycles. The van der Waals surface area contributed by atoms with E-state index >= 15 is 0 Å². The highest BCUT2D eigenvalue weighted by Gasteiger charge is 2.20. The number of halogens is 1. The van der Waals surface area contributed by atoms with Crippen LogP contribution in [0.5, 0.6) is 0 Å².